The van der Waals surface area contributed by atoms with Crippen LogP contribution in [-0.4, -0.2) is 42.5 Å². The summed E-state index contributed by atoms with van der Waals surface area (Å²) in [5.41, 5.74) is 8.86. The van der Waals surface area contributed by atoms with Gasteiger partial charge in [-0.05, 0) is 42.5 Å². The number of hydrogen-bond donors (Lipinski definition) is 1. The molecule has 0 radical (unpaired) electrons. The maximum atomic E-state index is 13.1. The normalized spacial score (nSPS) is 17.0. The largest absolute Gasteiger partial charge is 0.360 e. The van der Waals surface area contributed by atoms with Crippen LogP contribution in [0.15, 0.2) is 42.6 Å². The van der Waals surface area contributed by atoms with E-state index in [9.17, 15) is 4.79 Å². The Bertz CT molecular complexity index is 759. The van der Waals surface area contributed by atoms with Gasteiger partial charge in [0, 0.05) is 50.9 Å². The summed E-state index contributed by atoms with van der Waals surface area (Å²) in [6, 6.07) is 12.2. The Balaban J connectivity index is 1.72. The van der Waals surface area contributed by atoms with Crippen LogP contribution < -0.4 is 10.6 Å². The van der Waals surface area contributed by atoms with Gasteiger partial charge in [0.2, 0.25) is 0 Å². The summed E-state index contributed by atoms with van der Waals surface area (Å²) >= 11 is 0. The second-order valence-corrected chi connectivity index (χ2v) is 7.36. The fraction of sp³-hybridized carbons (Fsp3) is 0.455. The molecule has 0 bridgehead atoms. The third-order valence-electron chi connectivity index (χ3n) is 5.34. The Morgan fingerprint density at radius 3 is 2.78 bits per heavy atom. The monoisotopic (exact) mass is 366 g/mol. The number of rotatable bonds is 6. The molecule has 1 aromatic heterocycles. The third-order valence-corrected chi connectivity index (χ3v) is 5.34. The van der Waals surface area contributed by atoms with Crippen molar-refractivity contribution in [3.63, 3.8) is 0 Å². The Hall–Kier alpha value is -2.40. The van der Waals surface area contributed by atoms with Crippen LogP contribution in [0.2, 0.25) is 0 Å². The number of likely N-dealkylation sites (tertiary alicyclic amines) is 1. The third kappa shape index (κ3) is 4.66. The summed E-state index contributed by atoms with van der Waals surface area (Å²) < 4.78 is 0. The molecule has 1 aliphatic heterocycles. The predicted molar refractivity (Wildman–Crippen MR) is 110 cm³/mol. The van der Waals surface area contributed by atoms with Crippen molar-refractivity contribution in [2.45, 2.75) is 38.6 Å². The lowest BCUT2D eigenvalue weighted by Gasteiger charge is -2.33. The second-order valence-electron chi connectivity index (χ2n) is 7.36. The molecule has 1 amide bonds. The highest BCUT2D eigenvalue weighted by atomic mass is 16.2. The standard InChI is InChI=1S/C22H30N4O/c1-3-12-25(2)21-14-19(10-11-24-21)22(27)26-13-4-5-20(16-26)18-8-6-17(15-23)7-9-18/h6-11,14,20H,3-5,12-13,15-16,23H2,1-2H3. The van der Waals surface area contributed by atoms with Gasteiger partial charge in [-0.15, -0.1) is 0 Å². The summed E-state index contributed by atoms with van der Waals surface area (Å²) in [7, 11) is 2.02. The maximum Gasteiger partial charge on any atom is 0.254 e. The lowest BCUT2D eigenvalue weighted by atomic mass is 9.90. The number of pyridine rings is 1. The first kappa shape index (κ1) is 19.4. The van der Waals surface area contributed by atoms with Crippen molar-refractivity contribution in [3.8, 4) is 0 Å². The van der Waals surface area contributed by atoms with Crippen LogP contribution in [0.1, 0.15) is 53.6 Å². The summed E-state index contributed by atoms with van der Waals surface area (Å²) in [5.74, 6) is 1.35. The maximum absolute atomic E-state index is 13.1. The van der Waals surface area contributed by atoms with Crippen LogP contribution >= 0.6 is 0 Å². The Morgan fingerprint density at radius 1 is 1.30 bits per heavy atom. The molecule has 2 N–H and O–H groups in total. The van der Waals surface area contributed by atoms with Gasteiger partial charge >= 0.3 is 0 Å². The topological polar surface area (TPSA) is 62.5 Å². The van der Waals surface area contributed by atoms with Gasteiger partial charge in [-0.3, -0.25) is 4.79 Å². The van der Waals surface area contributed by atoms with E-state index in [1.165, 1.54) is 5.56 Å². The van der Waals surface area contributed by atoms with Crippen LogP contribution in [-0.2, 0) is 6.54 Å². The van der Waals surface area contributed by atoms with E-state index in [1.54, 1.807) is 6.20 Å². The Labute approximate surface area is 162 Å². The van der Waals surface area contributed by atoms with E-state index in [4.69, 9.17) is 5.73 Å². The van der Waals surface area contributed by atoms with Gasteiger partial charge in [0.05, 0.1) is 0 Å². The minimum absolute atomic E-state index is 0.104. The van der Waals surface area contributed by atoms with Crippen LogP contribution in [0.5, 0.6) is 0 Å². The number of benzene rings is 1. The molecule has 144 valence electrons. The predicted octanol–water partition coefficient (Wildman–Crippen LogP) is 3.41. The van der Waals surface area contributed by atoms with Crippen LogP contribution in [0.3, 0.4) is 0 Å². The molecule has 1 fully saturated rings. The number of nitrogens with two attached hydrogens (primary N) is 1. The molecule has 0 spiro atoms. The van der Waals surface area contributed by atoms with Gasteiger partial charge in [0.1, 0.15) is 5.82 Å². The first-order chi connectivity index (χ1) is 13.1. The molecule has 1 saturated heterocycles. The summed E-state index contributed by atoms with van der Waals surface area (Å²) in [6.07, 6.45) is 4.93. The SMILES string of the molecule is CCCN(C)c1cc(C(=O)N2CCCC(c3ccc(CN)cc3)C2)ccn1. The van der Waals surface area contributed by atoms with Crippen molar-refractivity contribution in [3.05, 3.63) is 59.3 Å². The number of carbonyl (C=O) groups excluding carboxylic acids is 1. The molecule has 0 aliphatic carbocycles. The fourth-order valence-electron chi connectivity index (χ4n) is 3.75. The van der Waals surface area contributed by atoms with Gasteiger partial charge in [-0.25, -0.2) is 4.98 Å². The molecule has 2 heterocycles. The Morgan fingerprint density at radius 2 is 2.07 bits per heavy atom. The van der Waals surface area contributed by atoms with Crippen LogP contribution in [0.25, 0.3) is 0 Å². The molecule has 1 aromatic carbocycles. The van der Waals surface area contributed by atoms with E-state index in [-0.39, 0.29) is 5.91 Å². The molecule has 0 saturated carbocycles. The van der Waals surface area contributed by atoms with Gasteiger partial charge in [0.25, 0.3) is 5.91 Å². The molecule has 27 heavy (non-hydrogen) atoms. The zero-order valence-corrected chi connectivity index (χ0v) is 16.4. The molecule has 1 aliphatic rings. The molecule has 5 heteroatoms. The highest BCUT2D eigenvalue weighted by Crippen LogP contribution is 2.28. The molecular weight excluding hydrogens is 336 g/mol. The fourth-order valence-corrected chi connectivity index (χ4v) is 3.75. The van der Waals surface area contributed by atoms with E-state index < -0.39 is 0 Å². The summed E-state index contributed by atoms with van der Waals surface area (Å²) in [5, 5.41) is 0. The second kappa shape index (κ2) is 9.00. The number of amides is 1. The molecule has 2 aromatic rings. The number of aromatic nitrogens is 1. The molecular formula is C22H30N4O. The van der Waals surface area contributed by atoms with Crippen molar-refractivity contribution in [2.24, 2.45) is 5.73 Å². The lowest BCUT2D eigenvalue weighted by Crippen LogP contribution is -2.39. The van der Waals surface area contributed by atoms with E-state index in [2.05, 4.69) is 41.1 Å². The van der Waals surface area contributed by atoms with E-state index in [0.717, 1.165) is 55.8 Å². The smallest absolute Gasteiger partial charge is 0.254 e. The summed E-state index contributed by atoms with van der Waals surface area (Å²) in [4.78, 5) is 21.6. The van der Waals surface area contributed by atoms with Crippen molar-refractivity contribution < 1.29 is 4.79 Å². The van der Waals surface area contributed by atoms with Crippen LogP contribution in [0, 0.1) is 0 Å². The molecule has 5 nitrogen and oxygen atoms in total. The minimum atomic E-state index is 0.104. The molecule has 1 atom stereocenters. The highest BCUT2D eigenvalue weighted by molar-refractivity contribution is 5.95. The van der Waals surface area contributed by atoms with Crippen molar-refractivity contribution in [1.29, 1.82) is 0 Å². The quantitative estimate of drug-likeness (QED) is 0.851. The number of carbonyl (C=O) groups is 1. The lowest BCUT2D eigenvalue weighted by molar-refractivity contribution is 0.0707. The summed E-state index contributed by atoms with van der Waals surface area (Å²) in [6.45, 7) is 5.21. The van der Waals surface area contributed by atoms with Gasteiger partial charge < -0.3 is 15.5 Å². The van der Waals surface area contributed by atoms with E-state index >= 15 is 0 Å². The van der Waals surface area contributed by atoms with Crippen molar-refractivity contribution in [1.82, 2.24) is 9.88 Å². The van der Waals surface area contributed by atoms with Crippen molar-refractivity contribution in [2.75, 3.05) is 31.6 Å². The number of piperidine rings is 1. The van der Waals surface area contributed by atoms with E-state index in [0.29, 0.717) is 12.5 Å². The first-order valence-electron chi connectivity index (χ1n) is 9.87. The van der Waals surface area contributed by atoms with Gasteiger partial charge in [-0.2, -0.15) is 0 Å². The number of hydrogen-bond acceptors (Lipinski definition) is 4. The zero-order valence-electron chi connectivity index (χ0n) is 16.4. The average Bonchev–Trinajstić information content (AvgIpc) is 2.73. The minimum Gasteiger partial charge on any atom is -0.360 e. The van der Waals surface area contributed by atoms with Crippen LogP contribution in [0.4, 0.5) is 5.82 Å². The van der Waals surface area contributed by atoms with Gasteiger partial charge in [0.15, 0.2) is 0 Å². The first-order valence-corrected chi connectivity index (χ1v) is 9.87. The zero-order chi connectivity index (χ0) is 19.2. The number of nitrogens with zero attached hydrogens (tertiary/aromatic N) is 3. The van der Waals surface area contributed by atoms with Crippen molar-refractivity contribution >= 4 is 11.7 Å². The van der Waals surface area contributed by atoms with Gasteiger partial charge in [-0.1, -0.05) is 31.2 Å². The average molecular weight is 367 g/mol. The number of anilines is 1. The molecule has 3 rings (SSSR count). The van der Waals surface area contributed by atoms with E-state index in [1.807, 2.05) is 24.1 Å². The molecule has 1 unspecified atom stereocenters. The highest BCUT2D eigenvalue weighted by Gasteiger charge is 2.25. The Kier molecular flexibility index (Phi) is 6.45.